The summed E-state index contributed by atoms with van der Waals surface area (Å²) in [6, 6.07) is 3.13. The maximum Gasteiger partial charge on any atom is 0.241 e. The SMILES string of the molecule is Cc1ncsc1CNS(=O)(=O)c1cc(Cl)cc(CN)c1C. The van der Waals surface area contributed by atoms with Gasteiger partial charge in [0.05, 0.1) is 16.1 Å². The van der Waals surface area contributed by atoms with E-state index in [2.05, 4.69) is 9.71 Å². The van der Waals surface area contributed by atoms with E-state index in [4.69, 9.17) is 17.3 Å². The standard InChI is InChI=1S/C13H16ClN3O2S2/c1-8-10(5-15)3-11(14)4-13(8)21(18,19)17-6-12-9(2)16-7-20-12/h3-4,7,17H,5-6,15H2,1-2H3. The summed E-state index contributed by atoms with van der Waals surface area (Å²) < 4.78 is 27.5. The molecule has 2 aromatic rings. The molecule has 21 heavy (non-hydrogen) atoms. The fraction of sp³-hybridized carbons (Fsp3) is 0.308. The molecule has 1 aromatic heterocycles. The van der Waals surface area contributed by atoms with E-state index >= 15 is 0 Å². The van der Waals surface area contributed by atoms with Crippen LogP contribution in [0.25, 0.3) is 0 Å². The van der Waals surface area contributed by atoms with Gasteiger partial charge in [-0.2, -0.15) is 0 Å². The summed E-state index contributed by atoms with van der Waals surface area (Å²) in [7, 11) is -3.65. The van der Waals surface area contributed by atoms with Crippen molar-refractivity contribution in [2.75, 3.05) is 0 Å². The highest BCUT2D eigenvalue weighted by atomic mass is 35.5. The second-order valence-corrected chi connectivity index (χ2v) is 7.69. The molecule has 0 spiro atoms. The molecule has 0 aliphatic rings. The average molecular weight is 346 g/mol. The zero-order valence-electron chi connectivity index (χ0n) is 11.7. The number of nitrogens with zero attached hydrogens (tertiary/aromatic N) is 1. The van der Waals surface area contributed by atoms with Crippen LogP contribution in [-0.4, -0.2) is 13.4 Å². The van der Waals surface area contributed by atoms with Crippen LogP contribution < -0.4 is 10.5 Å². The Morgan fingerprint density at radius 1 is 1.38 bits per heavy atom. The highest BCUT2D eigenvalue weighted by Crippen LogP contribution is 2.24. The van der Waals surface area contributed by atoms with Gasteiger partial charge in [-0.3, -0.25) is 0 Å². The Hall–Kier alpha value is -0.990. The first-order valence-electron chi connectivity index (χ1n) is 6.23. The molecule has 0 bridgehead atoms. The minimum atomic E-state index is -3.65. The molecular weight excluding hydrogens is 330 g/mol. The molecule has 0 aliphatic carbocycles. The summed E-state index contributed by atoms with van der Waals surface area (Å²) >= 11 is 7.39. The molecule has 1 aromatic carbocycles. The van der Waals surface area contributed by atoms with Crippen LogP contribution in [0.3, 0.4) is 0 Å². The van der Waals surface area contributed by atoms with Gasteiger partial charge in [0, 0.05) is 23.0 Å². The van der Waals surface area contributed by atoms with Gasteiger partial charge in [-0.05, 0) is 37.1 Å². The van der Waals surface area contributed by atoms with Crippen molar-refractivity contribution in [1.29, 1.82) is 0 Å². The number of halogens is 1. The highest BCUT2D eigenvalue weighted by Gasteiger charge is 2.20. The second-order valence-electron chi connectivity index (χ2n) is 4.58. The lowest BCUT2D eigenvalue weighted by molar-refractivity contribution is 0.581. The van der Waals surface area contributed by atoms with Gasteiger partial charge in [0.1, 0.15) is 0 Å². The Morgan fingerprint density at radius 3 is 2.67 bits per heavy atom. The van der Waals surface area contributed by atoms with Gasteiger partial charge < -0.3 is 5.73 Å². The van der Waals surface area contributed by atoms with Gasteiger partial charge >= 0.3 is 0 Å². The lowest BCUT2D eigenvalue weighted by atomic mass is 10.1. The predicted molar refractivity (Wildman–Crippen MR) is 85.0 cm³/mol. The van der Waals surface area contributed by atoms with Crippen molar-refractivity contribution in [1.82, 2.24) is 9.71 Å². The normalized spacial score (nSPS) is 11.8. The fourth-order valence-electron chi connectivity index (χ4n) is 1.93. The van der Waals surface area contributed by atoms with E-state index < -0.39 is 10.0 Å². The highest BCUT2D eigenvalue weighted by molar-refractivity contribution is 7.89. The van der Waals surface area contributed by atoms with Crippen LogP contribution in [-0.2, 0) is 23.1 Å². The van der Waals surface area contributed by atoms with E-state index in [1.807, 2.05) is 6.92 Å². The number of rotatable bonds is 5. The van der Waals surface area contributed by atoms with E-state index in [0.29, 0.717) is 10.6 Å². The van der Waals surface area contributed by atoms with Crippen molar-refractivity contribution in [3.63, 3.8) is 0 Å². The Morgan fingerprint density at radius 2 is 2.10 bits per heavy atom. The molecule has 1 heterocycles. The molecule has 0 atom stereocenters. The van der Waals surface area contributed by atoms with Crippen LogP contribution in [0.2, 0.25) is 5.02 Å². The minimum Gasteiger partial charge on any atom is -0.326 e. The lowest BCUT2D eigenvalue weighted by Crippen LogP contribution is -2.24. The number of hydrogen-bond acceptors (Lipinski definition) is 5. The minimum absolute atomic E-state index is 0.164. The van der Waals surface area contributed by atoms with Gasteiger partial charge in [0.2, 0.25) is 10.0 Å². The first-order chi connectivity index (χ1) is 9.85. The molecule has 5 nitrogen and oxygen atoms in total. The summed E-state index contributed by atoms with van der Waals surface area (Å²) in [6.45, 7) is 4.02. The third kappa shape index (κ3) is 3.61. The molecule has 0 fully saturated rings. The molecule has 0 radical (unpaired) electrons. The molecule has 8 heteroatoms. The largest absolute Gasteiger partial charge is 0.326 e. The molecule has 3 N–H and O–H groups in total. The van der Waals surface area contributed by atoms with Crippen LogP contribution in [0.1, 0.15) is 21.7 Å². The van der Waals surface area contributed by atoms with Crippen LogP contribution in [0.15, 0.2) is 22.5 Å². The Bertz CT molecular complexity index is 757. The van der Waals surface area contributed by atoms with Crippen molar-refractivity contribution >= 4 is 33.0 Å². The first-order valence-corrected chi connectivity index (χ1v) is 8.97. The quantitative estimate of drug-likeness (QED) is 0.871. The molecule has 0 aliphatic heterocycles. The third-order valence-corrected chi connectivity index (χ3v) is 5.89. The van der Waals surface area contributed by atoms with Crippen molar-refractivity contribution in [3.05, 3.63) is 44.4 Å². The van der Waals surface area contributed by atoms with E-state index in [1.54, 1.807) is 18.5 Å². The Balaban J connectivity index is 2.32. The maximum atomic E-state index is 12.5. The van der Waals surface area contributed by atoms with E-state index in [0.717, 1.165) is 16.1 Å². The Labute approximate surface area is 133 Å². The fourth-order valence-corrected chi connectivity index (χ4v) is 4.35. The number of thiazole rings is 1. The van der Waals surface area contributed by atoms with Crippen LogP contribution in [0, 0.1) is 13.8 Å². The van der Waals surface area contributed by atoms with Gasteiger partial charge in [-0.25, -0.2) is 18.1 Å². The monoisotopic (exact) mass is 345 g/mol. The van der Waals surface area contributed by atoms with Crippen LogP contribution >= 0.6 is 22.9 Å². The zero-order chi connectivity index (χ0) is 15.6. The lowest BCUT2D eigenvalue weighted by Gasteiger charge is -2.12. The maximum absolute atomic E-state index is 12.5. The molecule has 0 saturated heterocycles. The smallest absolute Gasteiger partial charge is 0.241 e. The summed E-state index contributed by atoms with van der Waals surface area (Å²) in [5.41, 5.74) is 9.48. The summed E-state index contributed by atoms with van der Waals surface area (Å²) in [6.07, 6.45) is 0. The van der Waals surface area contributed by atoms with Gasteiger partial charge in [-0.15, -0.1) is 11.3 Å². The Kier molecular flexibility index (Phi) is 5.00. The van der Waals surface area contributed by atoms with Crippen molar-refractivity contribution in [2.24, 2.45) is 5.73 Å². The van der Waals surface area contributed by atoms with Crippen LogP contribution in [0.4, 0.5) is 0 Å². The third-order valence-electron chi connectivity index (χ3n) is 3.21. The summed E-state index contributed by atoms with van der Waals surface area (Å²) in [5, 5.41) is 0.357. The summed E-state index contributed by atoms with van der Waals surface area (Å²) in [4.78, 5) is 5.15. The van der Waals surface area contributed by atoms with Crippen LogP contribution in [0.5, 0.6) is 0 Å². The van der Waals surface area contributed by atoms with E-state index in [-0.39, 0.29) is 18.0 Å². The first kappa shape index (κ1) is 16.4. The number of benzene rings is 1. The van der Waals surface area contributed by atoms with E-state index in [9.17, 15) is 8.42 Å². The van der Waals surface area contributed by atoms with Crippen molar-refractivity contribution in [3.8, 4) is 0 Å². The molecule has 0 saturated carbocycles. The van der Waals surface area contributed by atoms with Crippen molar-refractivity contribution in [2.45, 2.75) is 31.8 Å². The molecule has 114 valence electrons. The zero-order valence-corrected chi connectivity index (χ0v) is 14.1. The second kappa shape index (κ2) is 6.41. The number of hydrogen-bond donors (Lipinski definition) is 2. The van der Waals surface area contributed by atoms with Crippen molar-refractivity contribution < 1.29 is 8.42 Å². The number of nitrogens with one attached hydrogen (secondary N) is 1. The molecule has 0 unspecified atom stereocenters. The molecule has 0 amide bonds. The van der Waals surface area contributed by atoms with Gasteiger partial charge in [-0.1, -0.05) is 11.6 Å². The molecule has 2 rings (SSSR count). The number of nitrogens with two attached hydrogens (primary N) is 1. The van der Waals surface area contributed by atoms with E-state index in [1.165, 1.54) is 17.4 Å². The topological polar surface area (TPSA) is 85.1 Å². The predicted octanol–water partition coefficient (Wildman–Crippen LogP) is 2.35. The number of sulfonamides is 1. The molecular formula is C13H16ClN3O2S2. The average Bonchev–Trinajstić information content (AvgIpc) is 2.84. The van der Waals surface area contributed by atoms with Gasteiger partial charge in [0.25, 0.3) is 0 Å². The summed E-state index contributed by atoms with van der Waals surface area (Å²) in [5.74, 6) is 0. The number of aryl methyl sites for hydroxylation is 1. The number of aromatic nitrogens is 1. The van der Waals surface area contributed by atoms with Gasteiger partial charge in [0.15, 0.2) is 0 Å².